The predicted octanol–water partition coefficient (Wildman–Crippen LogP) is 1.48. The number of carbonyl (C=O) groups is 2. The second-order valence-electron chi connectivity index (χ2n) is 5.56. The van der Waals surface area contributed by atoms with Gasteiger partial charge in [0.25, 0.3) is 11.6 Å². The van der Waals surface area contributed by atoms with Gasteiger partial charge in [-0.25, -0.2) is 0 Å². The highest BCUT2D eigenvalue weighted by molar-refractivity contribution is 6.04. The van der Waals surface area contributed by atoms with Gasteiger partial charge in [-0.2, -0.15) is 0 Å². The predicted molar refractivity (Wildman–Crippen MR) is 83.4 cm³/mol. The number of non-ortho nitro benzene ring substituents is 1. The molecule has 1 aromatic heterocycles. The third-order valence-corrected chi connectivity index (χ3v) is 3.94. The van der Waals surface area contributed by atoms with Crippen LogP contribution in [0.4, 0.5) is 5.69 Å². The van der Waals surface area contributed by atoms with Gasteiger partial charge in [-0.15, -0.1) is 0 Å². The molecule has 0 radical (unpaired) electrons. The molecule has 0 bridgehead atoms. The first-order valence-electron chi connectivity index (χ1n) is 7.66. The minimum Gasteiger partial charge on any atom is -0.355 e. The molecule has 1 aliphatic rings. The minimum atomic E-state index is -0.540. The molecule has 3 rings (SSSR count). The number of amides is 2. The number of benzene rings is 1. The summed E-state index contributed by atoms with van der Waals surface area (Å²) in [4.78, 5) is 35.6. The van der Waals surface area contributed by atoms with E-state index in [0.717, 1.165) is 13.0 Å². The number of rotatable bonds is 6. The third kappa shape index (κ3) is 3.19. The van der Waals surface area contributed by atoms with Crippen molar-refractivity contribution >= 4 is 28.5 Å². The van der Waals surface area contributed by atoms with Gasteiger partial charge in [0.15, 0.2) is 11.3 Å². The van der Waals surface area contributed by atoms with Crippen molar-refractivity contribution in [2.75, 3.05) is 19.6 Å². The summed E-state index contributed by atoms with van der Waals surface area (Å²) >= 11 is 0. The second-order valence-corrected chi connectivity index (χ2v) is 5.56. The Bertz CT molecular complexity index is 800. The SMILES string of the molecule is O=C(NCCCN1CCCC1=O)c1noc2cc([N+](=O)[O-])ccc12. The standard InChI is InChI=1S/C15H16N4O5/c20-13-3-1-7-18(13)8-2-6-16-15(21)14-11-5-4-10(19(22)23)9-12(11)24-17-14/h4-5,9H,1-3,6-8H2,(H,16,21). The van der Waals surface area contributed by atoms with E-state index in [1.807, 2.05) is 0 Å². The van der Waals surface area contributed by atoms with Crippen LogP contribution in [0, 0.1) is 10.1 Å². The van der Waals surface area contributed by atoms with Crippen LogP contribution in [-0.2, 0) is 4.79 Å². The van der Waals surface area contributed by atoms with Gasteiger partial charge in [-0.3, -0.25) is 19.7 Å². The van der Waals surface area contributed by atoms with Crippen molar-refractivity contribution in [1.29, 1.82) is 0 Å². The first kappa shape index (κ1) is 15.9. The molecule has 0 spiro atoms. The van der Waals surface area contributed by atoms with Crippen molar-refractivity contribution < 1.29 is 19.0 Å². The second kappa shape index (κ2) is 6.65. The highest BCUT2D eigenvalue weighted by Crippen LogP contribution is 2.23. The average molecular weight is 332 g/mol. The molecule has 1 N–H and O–H groups in total. The molecular weight excluding hydrogens is 316 g/mol. The highest BCUT2D eigenvalue weighted by Gasteiger charge is 2.20. The molecule has 1 aliphatic heterocycles. The summed E-state index contributed by atoms with van der Waals surface area (Å²) in [6, 6.07) is 3.98. The molecule has 9 nitrogen and oxygen atoms in total. The Kier molecular flexibility index (Phi) is 4.41. The molecule has 1 aromatic carbocycles. The van der Waals surface area contributed by atoms with E-state index in [9.17, 15) is 19.7 Å². The molecule has 1 fully saturated rings. The zero-order valence-corrected chi connectivity index (χ0v) is 12.9. The van der Waals surface area contributed by atoms with Crippen molar-refractivity contribution in [2.45, 2.75) is 19.3 Å². The van der Waals surface area contributed by atoms with Gasteiger partial charge in [0.1, 0.15) is 0 Å². The van der Waals surface area contributed by atoms with Crippen LogP contribution in [0.25, 0.3) is 11.0 Å². The van der Waals surface area contributed by atoms with Crippen molar-refractivity contribution in [3.05, 3.63) is 34.0 Å². The summed E-state index contributed by atoms with van der Waals surface area (Å²) in [7, 11) is 0. The minimum absolute atomic E-state index is 0.0946. The Labute approximate surface area is 136 Å². The lowest BCUT2D eigenvalue weighted by atomic mass is 10.2. The van der Waals surface area contributed by atoms with Crippen LogP contribution < -0.4 is 5.32 Å². The van der Waals surface area contributed by atoms with Gasteiger partial charge >= 0.3 is 0 Å². The summed E-state index contributed by atoms with van der Waals surface area (Å²) in [5.74, 6) is -0.249. The van der Waals surface area contributed by atoms with Crippen LogP contribution in [0.1, 0.15) is 29.8 Å². The van der Waals surface area contributed by atoms with Crippen LogP contribution in [0.2, 0.25) is 0 Å². The van der Waals surface area contributed by atoms with E-state index in [4.69, 9.17) is 4.52 Å². The zero-order chi connectivity index (χ0) is 17.1. The first-order valence-corrected chi connectivity index (χ1v) is 7.66. The number of nitro benzene ring substituents is 1. The van der Waals surface area contributed by atoms with E-state index < -0.39 is 10.8 Å². The number of hydrogen-bond donors (Lipinski definition) is 1. The lowest BCUT2D eigenvalue weighted by Crippen LogP contribution is -2.30. The molecule has 2 heterocycles. The summed E-state index contributed by atoms with van der Waals surface area (Å²) in [6.07, 6.45) is 2.14. The van der Waals surface area contributed by atoms with Gasteiger partial charge < -0.3 is 14.7 Å². The van der Waals surface area contributed by atoms with Crippen LogP contribution in [0.15, 0.2) is 22.7 Å². The number of nitrogens with zero attached hydrogens (tertiary/aromatic N) is 3. The summed E-state index contributed by atoms with van der Waals surface area (Å²) < 4.78 is 4.99. The Morgan fingerprint density at radius 1 is 1.46 bits per heavy atom. The monoisotopic (exact) mass is 332 g/mol. The third-order valence-electron chi connectivity index (χ3n) is 3.94. The topological polar surface area (TPSA) is 119 Å². The maximum atomic E-state index is 12.2. The van der Waals surface area contributed by atoms with E-state index in [1.54, 1.807) is 4.90 Å². The molecule has 0 unspecified atom stereocenters. The number of fused-ring (bicyclic) bond motifs is 1. The normalized spacial score (nSPS) is 14.3. The Morgan fingerprint density at radius 3 is 3.00 bits per heavy atom. The van der Waals surface area contributed by atoms with Crippen LogP contribution in [0.3, 0.4) is 0 Å². The molecular formula is C15H16N4O5. The molecule has 0 aliphatic carbocycles. The number of carbonyl (C=O) groups excluding carboxylic acids is 2. The van der Waals surface area contributed by atoms with Crippen molar-refractivity contribution in [3.8, 4) is 0 Å². The van der Waals surface area contributed by atoms with Gasteiger partial charge in [0.05, 0.1) is 16.4 Å². The fraction of sp³-hybridized carbons (Fsp3) is 0.400. The largest absolute Gasteiger partial charge is 0.355 e. The highest BCUT2D eigenvalue weighted by atomic mass is 16.6. The first-order chi connectivity index (χ1) is 11.6. The molecule has 2 aromatic rings. The number of nitrogens with one attached hydrogen (secondary N) is 1. The van der Waals surface area contributed by atoms with Crippen LogP contribution in [-0.4, -0.2) is 46.4 Å². The molecule has 0 saturated carbocycles. The van der Waals surface area contributed by atoms with Gasteiger partial charge in [0.2, 0.25) is 5.91 Å². The van der Waals surface area contributed by atoms with Crippen molar-refractivity contribution in [1.82, 2.24) is 15.4 Å². The fourth-order valence-corrected chi connectivity index (χ4v) is 2.70. The van der Waals surface area contributed by atoms with Crippen molar-refractivity contribution in [3.63, 3.8) is 0 Å². The smallest absolute Gasteiger partial charge is 0.274 e. The lowest BCUT2D eigenvalue weighted by Gasteiger charge is -2.14. The molecule has 1 saturated heterocycles. The maximum Gasteiger partial charge on any atom is 0.274 e. The van der Waals surface area contributed by atoms with Gasteiger partial charge in [-0.1, -0.05) is 5.16 Å². The van der Waals surface area contributed by atoms with E-state index >= 15 is 0 Å². The number of nitro groups is 1. The Morgan fingerprint density at radius 2 is 2.29 bits per heavy atom. The van der Waals surface area contributed by atoms with E-state index in [-0.39, 0.29) is 22.9 Å². The molecule has 0 atom stereocenters. The average Bonchev–Trinajstić information content (AvgIpc) is 3.16. The van der Waals surface area contributed by atoms with E-state index in [1.165, 1.54) is 18.2 Å². The maximum absolute atomic E-state index is 12.2. The summed E-state index contributed by atoms with van der Waals surface area (Å²) in [6.45, 7) is 1.80. The quantitative estimate of drug-likeness (QED) is 0.486. The molecule has 9 heteroatoms. The van der Waals surface area contributed by atoms with Gasteiger partial charge in [-0.05, 0) is 18.9 Å². The zero-order valence-electron chi connectivity index (χ0n) is 12.9. The fourth-order valence-electron chi connectivity index (χ4n) is 2.70. The van der Waals surface area contributed by atoms with Crippen molar-refractivity contribution in [2.24, 2.45) is 0 Å². The van der Waals surface area contributed by atoms with Gasteiger partial charge in [0, 0.05) is 32.1 Å². The van der Waals surface area contributed by atoms with E-state index in [2.05, 4.69) is 10.5 Å². The molecule has 24 heavy (non-hydrogen) atoms. The Balaban J connectivity index is 1.58. The Hall–Kier alpha value is -2.97. The lowest BCUT2D eigenvalue weighted by molar-refractivity contribution is -0.384. The number of hydrogen-bond acceptors (Lipinski definition) is 6. The van der Waals surface area contributed by atoms with Crippen LogP contribution in [0.5, 0.6) is 0 Å². The summed E-state index contributed by atoms with van der Waals surface area (Å²) in [5, 5.41) is 17.6. The van der Waals surface area contributed by atoms with Crippen LogP contribution >= 0.6 is 0 Å². The summed E-state index contributed by atoms with van der Waals surface area (Å²) in [5.41, 5.74) is 0.162. The van der Waals surface area contributed by atoms with E-state index in [0.29, 0.717) is 31.3 Å². The molecule has 126 valence electrons. The number of aromatic nitrogens is 1. The number of likely N-dealkylation sites (tertiary alicyclic amines) is 1. The molecule has 2 amide bonds.